The van der Waals surface area contributed by atoms with Crippen molar-refractivity contribution >= 4 is 10.2 Å². The summed E-state index contributed by atoms with van der Waals surface area (Å²) in [7, 11) is -1.73. The Balaban J connectivity index is 1.90. The second-order valence-corrected chi connectivity index (χ2v) is 7.51. The van der Waals surface area contributed by atoms with E-state index in [2.05, 4.69) is 4.98 Å². The Morgan fingerprint density at radius 3 is 2.67 bits per heavy atom. The SMILES string of the molecule is CN(CCc1ccccn1)S(=O)(=O)N1CCC(CN)CC1. The molecule has 1 fully saturated rings. The molecule has 0 spiro atoms. The van der Waals surface area contributed by atoms with Gasteiger partial charge in [-0.25, -0.2) is 0 Å². The van der Waals surface area contributed by atoms with Crippen LogP contribution >= 0.6 is 0 Å². The van der Waals surface area contributed by atoms with Gasteiger partial charge in [-0.1, -0.05) is 6.07 Å². The normalized spacial score (nSPS) is 18.2. The number of aromatic nitrogens is 1. The van der Waals surface area contributed by atoms with Crippen molar-refractivity contribution in [3.8, 4) is 0 Å². The van der Waals surface area contributed by atoms with Crippen molar-refractivity contribution in [2.24, 2.45) is 11.7 Å². The molecule has 1 aliphatic heterocycles. The molecular weight excluding hydrogens is 288 g/mol. The van der Waals surface area contributed by atoms with Crippen molar-refractivity contribution in [1.29, 1.82) is 0 Å². The van der Waals surface area contributed by atoms with Gasteiger partial charge in [0, 0.05) is 45.0 Å². The lowest BCUT2D eigenvalue weighted by atomic mass is 9.99. The summed E-state index contributed by atoms with van der Waals surface area (Å²) in [5, 5.41) is 0. The molecule has 2 heterocycles. The molecule has 0 bridgehead atoms. The summed E-state index contributed by atoms with van der Waals surface area (Å²) in [6.07, 6.45) is 4.05. The molecule has 0 aromatic carbocycles. The monoisotopic (exact) mass is 312 g/mol. The van der Waals surface area contributed by atoms with Crippen LogP contribution in [0.4, 0.5) is 0 Å². The lowest BCUT2D eigenvalue weighted by molar-refractivity contribution is 0.263. The second-order valence-electron chi connectivity index (χ2n) is 5.48. The van der Waals surface area contributed by atoms with Gasteiger partial charge in [-0.2, -0.15) is 17.0 Å². The van der Waals surface area contributed by atoms with Crippen LogP contribution in [0.1, 0.15) is 18.5 Å². The van der Waals surface area contributed by atoms with Gasteiger partial charge in [-0.15, -0.1) is 0 Å². The lowest BCUT2D eigenvalue weighted by Gasteiger charge is -2.33. The molecule has 6 nitrogen and oxygen atoms in total. The van der Waals surface area contributed by atoms with Gasteiger partial charge in [0.05, 0.1) is 0 Å². The van der Waals surface area contributed by atoms with Crippen molar-refractivity contribution in [1.82, 2.24) is 13.6 Å². The Bertz CT molecular complexity index is 527. The second kappa shape index (κ2) is 7.31. The van der Waals surface area contributed by atoms with Gasteiger partial charge < -0.3 is 5.73 Å². The Kier molecular flexibility index (Phi) is 5.69. The van der Waals surface area contributed by atoms with E-state index in [-0.39, 0.29) is 0 Å². The number of piperidine rings is 1. The van der Waals surface area contributed by atoms with Gasteiger partial charge in [-0.3, -0.25) is 4.98 Å². The maximum absolute atomic E-state index is 12.5. The highest BCUT2D eigenvalue weighted by Gasteiger charge is 2.30. The predicted octanol–water partition coefficient (Wildman–Crippen LogP) is 0.471. The summed E-state index contributed by atoms with van der Waals surface area (Å²) >= 11 is 0. The minimum atomic E-state index is -3.37. The molecule has 0 atom stereocenters. The molecule has 0 saturated carbocycles. The molecule has 2 N–H and O–H groups in total. The fourth-order valence-electron chi connectivity index (χ4n) is 2.51. The van der Waals surface area contributed by atoms with Crippen LogP contribution in [0, 0.1) is 5.92 Å². The van der Waals surface area contributed by atoms with E-state index in [1.807, 2.05) is 18.2 Å². The summed E-state index contributed by atoms with van der Waals surface area (Å²) in [4.78, 5) is 4.22. The molecule has 1 aromatic heterocycles. The zero-order valence-electron chi connectivity index (χ0n) is 12.5. The third-order valence-electron chi connectivity index (χ3n) is 4.04. The number of hydrogen-bond donors (Lipinski definition) is 1. The summed E-state index contributed by atoms with van der Waals surface area (Å²) in [5.74, 6) is 0.454. The van der Waals surface area contributed by atoms with Crippen LogP contribution in [-0.4, -0.2) is 55.2 Å². The van der Waals surface area contributed by atoms with Crippen molar-refractivity contribution < 1.29 is 8.42 Å². The molecule has 0 unspecified atom stereocenters. The maximum Gasteiger partial charge on any atom is 0.281 e. The van der Waals surface area contributed by atoms with E-state index in [1.165, 1.54) is 4.31 Å². The molecule has 0 aliphatic carbocycles. The van der Waals surface area contributed by atoms with E-state index in [0.29, 0.717) is 38.5 Å². The van der Waals surface area contributed by atoms with E-state index in [0.717, 1.165) is 18.5 Å². The number of pyridine rings is 1. The average molecular weight is 312 g/mol. The molecule has 0 amide bonds. The Morgan fingerprint density at radius 1 is 1.38 bits per heavy atom. The first-order valence-corrected chi connectivity index (χ1v) is 8.75. The van der Waals surface area contributed by atoms with Crippen molar-refractivity contribution in [2.75, 3.05) is 33.2 Å². The van der Waals surface area contributed by atoms with Crippen molar-refractivity contribution in [2.45, 2.75) is 19.3 Å². The summed E-state index contributed by atoms with van der Waals surface area (Å²) in [6.45, 7) is 2.22. The van der Waals surface area contributed by atoms with E-state index in [9.17, 15) is 8.42 Å². The highest BCUT2D eigenvalue weighted by Crippen LogP contribution is 2.20. The van der Waals surface area contributed by atoms with Gasteiger partial charge in [0.2, 0.25) is 0 Å². The molecule has 1 aliphatic rings. The number of nitrogens with zero attached hydrogens (tertiary/aromatic N) is 3. The highest BCUT2D eigenvalue weighted by atomic mass is 32.2. The molecule has 1 saturated heterocycles. The van der Waals surface area contributed by atoms with Crippen LogP contribution in [0.25, 0.3) is 0 Å². The largest absolute Gasteiger partial charge is 0.330 e. The minimum absolute atomic E-state index is 0.441. The Hall–Kier alpha value is -1.02. The lowest BCUT2D eigenvalue weighted by Crippen LogP contribution is -2.47. The number of likely N-dealkylation sites (N-methyl/N-ethyl adjacent to an activating group) is 1. The molecule has 1 aromatic rings. The van der Waals surface area contributed by atoms with Gasteiger partial charge in [0.1, 0.15) is 0 Å². The van der Waals surface area contributed by atoms with Crippen LogP contribution in [-0.2, 0) is 16.6 Å². The smallest absolute Gasteiger partial charge is 0.281 e. The number of rotatable bonds is 6. The quantitative estimate of drug-likeness (QED) is 0.828. The van der Waals surface area contributed by atoms with Crippen LogP contribution < -0.4 is 5.73 Å². The zero-order valence-corrected chi connectivity index (χ0v) is 13.3. The summed E-state index contributed by atoms with van der Waals surface area (Å²) < 4.78 is 28.0. The third kappa shape index (κ3) is 4.23. The highest BCUT2D eigenvalue weighted by molar-refractivity contribution is 7.86. The van der Waals surface area contributed by atoms with Crippen molar-refractivity contribution in [3.63, 3.8) is 0 Å². The van der Waals surface area contributed by atoms with Crippen LogP contribution in [0.15, 0.2) is 24.4 Å². The maximum atomic E-state index is 12.5. The van der Waals surface area contributed by atoms with Gasteiger partial charge >= 0.3 is 0 Å². The standard InChI is InChI=1S/C14H24N4O2S/c1-17(9-7-14-4-2-3-8-16-14)21(19,20)18-10-5-13(12-15)6-11-18/h2-4,8,13H,5-7,9-12,15H2,1H3. The zero-order chi connectivity index (χ0) is 15.3. The van der Waals surface area contributed by atoms with Gasteiger partial charge in [0.15, 0.2) is 0 Å². The van der Waals surface area contributed by atoms with E-state index < -0.39 is 10.2 Å². The van der Waals surface area contributed by atoms with E-state index in [1.54, 1.807) is 17.5 Å². The fraction of sp³-hybridized carbons (Fsp3) is 0.643. The van der Waals surface area contributed by atoms with Crippen LogP contribution in [0.3, 0.4) is 0 Å². The molecule has 2 rings (SSSR count). The first-order valence-electron chi connectivity index (χ1n) is 7.35. The first kappa shape index (κ1) is 16.4. The van der Waals surface area contributed by atoms with Crippen molar-refractivity contribution in [3.05, 3.63) is 30.1 Å². The number of nitrogens with two attached hydrogens (primary N) is 1. The topological polar surface area (TPSA) is 79.5 Å². The third-order valence-corrected chi connectivity index (χ3v) is 6.02. The average Bonchev–Trinajstić information content (AvgIpc) is 2.53. The van der Waals surface area contributed by atoms with E-state index >= 15 is 0 Å². The van der Waals surface area contributed by atoms with Gasteiger partial charge in [0.25, 0.3) is 10.2 Å². The van der Waals surface area contributed by atoms with Crippen LogP contribution in [0.2, 0.25) is 0 Å². The molecule has 21 heavy (non-hydrogen) atoms. The fourth-order valence-corrected chi connectivity index (χ4v) is 3.89. The first-order chi connectivity index (χ1) is 10.0. The van der Waals surface area contributed by atoms with Gasteiger partial charge in [-0.05, 0) is 37.4 Å². The summed E-state index contributed by atoms with van der Waals surface area (Å²) in [5.41, 5.74) is 6.55. The molecular formula is C14H24N4O2S. The molecule has 7 heteroatoms. The Labute approximate surface area is 127 Å². The Morgan fingerprint density at radius 2 is 2.10 bits per heavy atom. The molecule has 0 radical (unpaired) electrons. The van der Waals surface area contributed by atoms with Crippen LogP contribution in [0.5, 0.6) is 0 Å². The number of hydrogen-bond acceptors (Lipinski definition) is 4. The molecule has 118 valence electrons. The van der Waals surface area contributed by atoms with E-state index in [4.69, 9.17) is 5.73 Å². The minimum Gasteiger partial charge on any atom is -0.330 e. The predicted molar refractivity (Wildman–Crippen MR) is 82.8 cm³/mol. The summed E-state index contributed by atoms with van der Waals surface area (Å²) in [6, 6.07) is 5.67.